The van der Waals surface area contributed by atoms with E-state index in [0.29, 0.717) is 12.1 Å². The summed E-state index contributed by atoms with van der Waals surface area (Å²) in [5.41, 5.74) is -0.806. The van der Waals surface area contributed by atoms with E-state index >= 15 is 0 Å². The first-order valence-electron chi connectivity index (χ1n) is 4.31. The van der Waals surface area contributed by atoms with Crippen LogP contribution < -0.4 is 0 Å². The SMILES string of the molecule is C#CCN(C)C(=O)c1c(F)cc(F)cc1F. The van der Waals surface area contributed by atoms with Crippen molar-refractivity contribution in [2.24, 2.45) is 0 Å². The Hall–Kier alpha value is -1.96. The summed E-state index contributed by atoms with van der Waals surface area (Å²) in [6.07, 6.45) is 4.95. The number of rotatable bonds is 2. The minimum absolute atomic E-state index is 0.0882. The zero-order valence-electron chi connectivity index (χ0n) is 8.43. The second-order valence-corrected chi connectivity index (χ2v) is 3.11. The molecule has 1 amide bonds. The molecule has 0 saturated heterocycles. The van der Waals surface area contributed by atoms with Gasteiger partial charge in [0, 0.05) is 19.2 Å². The molecule has 2 nitrogen and oxygen atoms in total. The zero-order valence-corrected chi connectivity index (χ0v) is 8.43. The van der Waals surface area contributed by atoms with Gasteiger partial charge in [0.15, 0.2) is 0 Å². The van der Waals surface area contributed by atoms with E-state index in [4.69, 9.17) is 6.42 Å². The number of carbonyl (C=O) groups is 1. The minimum atomic E-state index is -1.24. The Labute approximate surface area is 90.7 Å². The van der Waals surface area contributed by atoms with Gasteiger partial charge in [-0.15, -0.1) is 6.42 Å². The molecule has 0 unspecified atom stereocenters. The highest BCUT2D eigenvalue weighted by Crippen LogP contribution is 2.16. The van der Waals surface area contributed by atoms with Gasteiger partial charge in [0.05, 0.1) is 6.54 Å². The van der Waals surface area contributed by atoms with Crippen LogP contribution in [0.4, 0.5) is 13.2 Å². The lowest BCUT2D eigenvalue weighted by atomic mass is 10.1. The molecule has 0 fully saturated rings. The van der Waals surface area contributed by atoms with Gasteiger partial charge in [0.25, 0.3) is 5.91 Å². The molecule has 0 heterocycles. The highest BCUT2D eigenvalue weighted by atomic mass is 19.1. The number of benzene rings is 1. The average Bonchev–Trinajstić information content (AvgIpc) is 2.16. The van der Waals surface area contributed by atoms with E-state index in [0.717, 1.165) is 4.90 Å². The van der Waals surface area contributed by atoms with Crippen LogP contribution in [0.25, 0.3) is 0 Å². The molecule has 16 heavy (non-hydrogen) atoms. The molecule has 0 N–H and O–H groups in total. The van der Waals surface area contributed by atoms with Gasteiger partial charge in [-0.3, -0.25) is 4.79 Å². The van der Waals surface area contributed by atoms with Gasteiger partial charge in [0.1, 0.15) is 23.0 Å². The van der Waals surface area contributed by atoms with Crippen molar-refractivity contribution in [1.29, 1.82) is 0 Å². The Morgan fingerprint density at radius 2 is 1.88 bits per heavy atom. The fourth-order valence-electron chi connectivity index (χ4n) is 1.15. The Balaban J connectivity index is 3.15. The largest absolute Gasteiger partial charge is 0.330 e. The van der Waals surface area contributed by atoms with Crippen LogP contribution in [0.2, 0.25) is 0 Å². The van der Waals surface area contributed by atoms with Gasteiger partial charge in [-0.2, -0.15) is 0 Å². The first-order valence-corrected chi connectivity index (χ1v) is 4.31. The molecule has 0 atom stereocenters. The normalized spacial score (nSPS) is 9.69. The van der Waals surface area contributed by atoms with Crippen LogP contribution in [0.1, 0.15) is 10.4 Å². The number of hydrogen-bond acceptors (Lipinski definition) is 1. The second kappa shape index (κ2) is 4.71. The molecular weight excluding hydrogens is 219 g/mol. The van der Waals surface area contributed by atoms with Gasteiger partial charge < -0.3 is 4.90 Å². The Kier molecular flexibility index (Phi) is 3.56. The Bertz CT molecular complexity index is 442. The summed E-state index contributed by atoms with van der Waals surface area (Å²) < 4.78 is 39.0. The van der Waals surface area contributed by atoms with Crippen LogP contribution in [0, 0.1) is 29.8 Å². The molecular formula is C11H8F3NO. The summed E-state index contributed by atoms with van der Waals surface area (Å²) in [5, 5.41) is 0. The molecule has 1 rings (SSSR count). The van der Waals surface area contributed by atoms with E-state index in [1.165, 1.54) is 7.05 Å². The van der Waals surface area contributed by atoms with Crippen LogP contribution in [-0.2, 0) is 0 Å². The maximum atomic E-state index is 13.2. The molecule has 0 aliphatic heterocycles. The van der Waals surface area contributed by atoms with E-state index in [-0.39, 0.29) is 6.54 Å². The summed E-state index contributed by atoms with van der Waals surface area (Å²) >= 11 is 0. The summed E-state index contributed by atoms with van der Waals surface area (Å²) in [6, 6.07) is 0.889. The number of terminal acetylenes is 1. The fraction of sp³-hybridized carbons (Fsp3) is 0.182. The molecule has 0 spiro atoms. The fourth-order valence-corrected chi connectivity index (χ4v) is 1.15. The van der Waals surface area contributed by atoms with Crippen molar-refractivity contribution in [3.05, 3.63) is 35.1 Å². The third kappa shape index (κ3) is 2.34. The number of hydrogen-bond donors (Lipinski definition) is 0. The second-order valence-electron chi connectivity index (χ2n) is 3.11. The van der Waals surface area contributed by atoms with Crippen LogP contribution in [-0.4, -0.2) is 24.4 Å². The van der Waals surface area contributed by atoms with Crippen molar-refractivity contribution in [2.45, 2.75) is 0 Å². The third-order valence-electron chi connectivity index (χ3n) is 1.90. The summed E-state index contributed by atoms with van der Waals surface area (Å²) in [5.74, 6) is -2.33. The molecule has 0 aliphatic rings. The number of carbonyl (C=O) groups excluding carboxylic acids is 1. The van der Waals surface area contributed by atoms with Crippen LogP contribution in [0.15, 0.2) is 12.1 Å². The molecule has 1 aromatic rings. The highest BCUT2D eigenvalue weighted by Gasteiger charge is 2.21. The van der Waals surface area contributed by atoms with Crippen LogP contribution in [0.3, 0.4) is 0 Å². The molecule has 84 valence electrons. The number of nitrogens with zero attached hydrogens (tertiary/aromatic N) is 1. The standard InChI is InChI=1S/C11H8F3NO/c1-3-4-15(2)11(16)10-8(13)5-7(12)6-9(10)14/h1,5-6H,4H2,2H3. The van der Waals surface area contributed by atoms with Gasteiger partial charge in [-0.05, 0) is 0 Å². The van der Waals surface area contributed by atoms with Gasteiger partial charge in [0.2, 0.25) is 0 Å². The van der Waals surface area contributed by atoms with Gasteiger partial charge >= 0.3 is 0 Å². The lowest BCUT2D eigenvalue weighted by Crippen LogP contribution is -2.28. The van der Waals surface area contributed by atoms with Gasteiger partial charge in [-0.25, -0.2) is 13.2 Å². The van der Waals surface area contributed by atoms with Crippen molar-refractivity contribution in [2.75, 3.05) is 13.6 Å². The van der Waals surface area contributed by atoms with Crippen molar-refractivity contribution >= 4 is 5.91 Å². The summed E-state index contributed by atoms with van der Waals surface area (Å²) in [6.45, 7) is -0.0882. The number of amides is 1. The van der Waals surface area contributed by atoms with Crippen molar-refractivity contribution in [3.63, 3.8) is 0 Å². The van der Waals surface area contributed by atoms with Crippen molar-refractivity contribution < 1.29 is 18.0 Å². The lowest BCUT2D eigenvalue weighted by molar-refractivity contribution is 0.0803. The van der Waals surface area contributed by atoms with E-state index in [1.807, 2.05) is 0 Å². The lowest BCUT2D eigenvalue weighted by Gasteiger charge is -2.14. The summed E-state index contributed by atoms with van der Waals surface area (Å²) in [7, 11) is 1.30. The average molecular weight is 227 g/mol. The molecule has 0 bridgehead atoms. The quantitative estimate of drug-likeness (QED) is 0.705. The number of halogens is 3. The van der Waals surface area contributed by atoms with Gasteiger partial charge in [-0.1, -0.05) is 5.92 Å². The van der Waals surface area contributed by atoms with Crippen molar-refractivity contribution in [1.82, 2.24) is 4.90 Å². The molecule has 0 radical (unpaired) electrons. The molecule has 0 saturated carbocycles. The maximum absolute atomic E-state index is 13.2. The topological polar surface area (TPSA) is 20.3 Å². The monoisotopic (exact) mass is 227 g/mol. The van der Waals surface area contributed by atoms with E-state index in [1.54, 1.807) is 0 Å². The smallest absolute Gasteiger partial charge is 0.260 e. The molecule has 0 aliphatic carbocycles. The highest BCUT2D eigenvalue weighted by molar-refractivity contribution is 5.94. The molecule has 5 heteroatoms. The van der Waals surface area contributed by atoms with Crippen LogP contribution in [0.5, 0.6) is 0 Å². The van der Waals surface area contributed by atoms with E-state index in [2.05, 4.69) is 5.92 Å². The zero-order chi connectivity index (χ0) is 12.3. The Morgan fingerprint density at radius 3 is 2.31 bits per heavy atom. The first kappa shape index (κ1) is 12.1. The first-order chi connectivity index (χ1) is 7.47. The van der Waals surface area contributed by atoms with E-state index < -0.39 is 28.9 Å². The predicted molar refractivity (Wildman–Crippen MR) is 52.1 cm³/mol. The third-order valence-corrected chi connectivity index (χ3v) is 1.90. The maximum Gasteiger partial charge on any atom is 0.260 e. The Morgan fingerprint density at radius 1 is 1.38 bits per heavy atom. The predicted octanol–water partition coefficient (Wildman–Crippen LogP) is 1.81. The van der Waals surface area contributed by atoms with Crippen LogP contribution >= 0.6 is 0 Å². The van der Waals surface area contributed by atoms with E-state index in [9.17, 15) is 18.0 Å². The molecule has 0 aromatic heterocycles. The van der Waals surface area contributed by atoms with Crippen molar-refractivity contribution in [3.8, 4) is 12.3 Å². The molecule has 1 aromatic carbocycles. The minimum Gasteiger partial charge on any atom is -0.330 e. The summed E-state index contributed by atoms with van der Waals surface area (Å²) in [4.78, 5) is 12.5.